The van der Waals surface area contributed by atoms with Gasteiger partial charge in [-0.25, -0.2) is 13.8 Å². The summed E-state index contributed by atoms with van der Waals surface area (Å²) in [6, 6.07) is 3.94. The topological polar surface area (TPSA) is 38.1 Å². The van der Waals surface area contributed by atoms with Crippen molar-refractivity contribution >= 4 is 5.91 Å². The first-order valence-corrected chi connectivity index (χ1v) is 7.74. The molecular formula is C17H19F2N3O. The summed E-state index contributed by atoms with van der Waals surface area (Å²) in [6.07, 6.45) is 5.38. The van der Waals surface area contributed by atoms with Crippen LogP contribution in [-0.2, 0) is 18.3 Å². The Morgan fingerprint density at radius 3 is 2.96 bits per heavy atom. The number of carbonyl (C=O) groups is 1. The zero-order valence-corrected chi connectivity index (χ0v) is 13.0. The van der Waals surface area contributed by atoms with Gasteiger partial charge in [-0.05, 0) is 18.9 Å². The predicted molar refractivity (Wildman–Crippen MR) is 81.8 cm³/mol. The highest BCUT2D eigenvalue weighted by Gasteiger charge is 2.27. The lowest BCUT2D eigenvalue weighted by molar-refractivity contribution is -0.131. The largest absolute Gasteiger partial charge is 0.342 e. The summed E-state index contributed by atoms with van der Waals surface area (Å²) < 4.78 is 28.9. The van der Waals surface area contributed by atoms with E-state index in [0.29, 0.717) is 13.1 Å². The monoisotopic (exact) mass is 319 g/mol. The molecule has 2 heterocycles. The lowest BCUT2D eigenvalue weighted by Crippen LogP contribution is -2.40. The number of imidazole rings is 1. The number of carbonyl (C=O) groups excluding carboxylic acids is 1. The summed E-state index contributed by atoms with van der Waals surface area (Å²) in [4.78, 5) is 18.5. The third-order valence-electron chi connectivity index (χ3n) is 4.37. The Kier molecular flexibility index (Phi) is 4.41. The first kappa shape index (κ1) is 15.6. The van der Waals surface area contributed by atoms with Crippen molar-refractivity contribution in [2.75, 3.05) is 13.1 Å². The average molecular weight is 319 g/mol. The van der Waals surface area contributed by atoms with E-state index in [2.05, 4.69) is 4.98 Å². The fourth-order valence-corrected chi connectivity index (χ4v) is 3.14. The molecule has 0 radical (unpaired) electrons. The molecule has 1 fully saturated rings. The minimum Gasteiger partial charge on any atom is -0.342 e. The van der Waals surface area contributed by atoms with Gasteiger partial charge in [0.25, 0.3) is 0 Å². The second-order valence-electron chi connectivity index (χ2n) is 5.96. The Hall–Kier alpha value is -2.24. The molecule has 1 aliphatic heterocycles. The van der Waals surface area contributed by atoms with Crippen LogP contribution in [0.15, 0.2) is 30.6 Å². The van der Waals surface area contributed by atoms with Crippen LogP contribution in [0.3, 0.4) is 0 Å². The number of halogens is 2. The normalized spacial score (nSPS) is 18.2. The number of aryl methyl sites for hydroxylation is 1. The van der Waals surface area contributed by atoms with Crippen molar-refractivity contribution in [3.63, 3.8) is 0 Å². The van der Waals surface area contributed by atoms with Crippen LogP contribution < -0.4 is 0 Å². The van der Waals surface area contributed by atoms with Crippen molar-refractivity contribution in [2.45, 2.75) is 25.2 Å². The van der Waals surface area contributed by atoms with E-state index >= 15 is 0 Å². The van der Waals surface area contributed by atoms with E-state index in [1.807, 2.05) is 17.8 Å². The Morgan fingerprint density at radius 2 is 2.22 bits per heavy atom. The van der Waals surface area contributed by atoms with Crippen LogP contribution in [-0.4, -0.2) is 33.4 Å². The van der Waals surface area contributed by atoms with E-state index in [1.165, 1.54) is 12.1 Å². The number of hydrogen-bond acceptors (Lipinski definition) is 2. The Balaban J connectivity index is 1.70. The highest BCUT2D eigenvalue weighted by Crippen LogP contribution is 2.26. The Morgan fingerprint density at radius 1 is 1.39 bits per heavy atom. The third kappa shape index (κ3) is 3.25. The van der Waals surface area contributed by atoms with E-state index in [1.54, 1.807) is 11.1 Å². The molecule has 1 aromatic heterocycles. The average Bonchev–Trinajstić information content (AvgIpc) is 2.98. The lowest BCUT2D eigenvalue weighted by Gasteiger charge is -2.32. The minimum atomic E-state index is -0.932. The molecule has 1 aliphatic rings. The van der Waals surface area contributed by atoms with Crippen molar-refractivity contribution in [1.29, 1.82) is 0 Å². The highest BCUT2D eigenvalue weighted by atomic mass is 19.2. The number of piperidine rings is 1. The molecule has 4 nitrogen and oxygen atoms in total. The Bertz CT molecular complexity index is 714. The molecule has 0 unspecified atom stereocenters. The number of benzene rings is 1. The zero-order valence-electron chi connectivity index (χ0n) is 13.0. The van der Waals surface area contributed by atoms with Gasteiger partial charge in [0.05, 0.1) is 6.42 Å². The van der Waals surface area contributed by atoms with Gasteiger partial charge >= 0.3 is 0 Å². The van der Waals surface area contributed by atoms with Crippen LogP contribution in [0, 0.1) is 11.6 Å². The van der Waals surface area contributed by atoms with Gasteiger partial charge in [0.15, 0.2) is 11.6 Å². The van der Waals surface area contributed by atoms with E-state index in [-0.39, 0.29) is 23.8 Å². The number of hydrogen-bond donors (Lipinski definition) is 0. The quantitative estimate of drug-likeness (QED) is 0.872. The van der Waals surface area contributed by atoms with Gasteiger partial charge in [0.1, 0.15) is 5.82 Å². The van der Waals surface area contributed by atoms with Gasteiger partial charge in [-0.1, -0.05) is 12.1 Å². The van der Waals surface area contributed by atoms with Crippen LogP contribution in [0.25, 0.3) is 0 Å². The molecule has 0 N–H and O–H groups in total. The molecule has 1 atom stereocenters. The van der Waals surface area contributed by atoms with Gasteiger partial charge in [0.2, 0.25) is 5.91 Å². The minimum absolute atomic E-state index is 0.106. The van der Waals surface area contributed by atoms with E-state index < -0.39 is 11.6 Å². The highest BCUT2D eigenvalue weighted by molar-refractivity contribution is 5.79. The van der Waals surface area contributed by atoms with Gasteiger partial charge in [-0.3, -0.25) is 4.79 Å². The summed E-state index contributed by atoms with van der Waals surface area (Å²) in [5, 5.41) is 0. The standard InChI is InChI=1S/C17H19F2N3O/c1-21-9-7-20-17(21)13-5-3-8-22(11-13)15(23)10-12-4-2-6-14(18)16(12)19/h2,4,6-7,9,13H,3,5,8,10-11H2,1H3/t13-/m0/s1. The number of amides is 1. The summed E-state index contributed by atoms with van der Waals surface area (Å²) in [7, 11) is 1.94. The lowest BCUT2D eigenvalue weighted by atomic mass is 9.96. The van der Waals surface area contributed by atoms with Crippen molar-refractivity contribution < 1.29 is 13.6 Å². The summed E-state index contributed by atoms with van der Waals surface area (Å²) >= 11 is 0. The Labute approximate surface area is 133 Å². The molecular weight excluding hydrogens is 300 g/mol. The summed E-state index contributed by atoms with van der Waals surface area (Å²) in [5.41, 5.74) is 0.106. The van der Waals surface area contributed by atoms with E-state index in [9.17, 15) is 13.6 Å². The molecule has 0 saturated carbocycles. The zero-order chi connectivity index (χ0) is 16.4. The van der Waals surface area contributed by atoms with Crippen LogP contribution in [0.2, 0.25) is 0 Å². The maximum Gasteiger partial charge on any atom is 0.227 e. The number of rotatable bonds is 3. The van der Waals surface area contributed by atoms with Gasteiger partial charge in [-0.2, -0.15) is 0 Å². The van der Waals surface area contributed by atoms with Gasteiger partial charge in [-0.15, -0.1) is 0 Å². The van der Waals surface area contributed by atoms with Crippen molar-refractivity contribution in [2.24, 2.45) is 7.05 Å². The molecule has 6 heteroatoms. The predicted octanol–water partition coefficient (Wildman–Crippen LogP) is 2.65. The molecule has 23 heavy (non-hydrogen) atoms. The van der Waals surface area contributed by atoms with Crippen LogP contribution in [0.5, 0.6) is 0 Å². The second-order valence-corrected chi connectivity index (χ2v) is 5.96. The van der Waals surface area contributed by atoms with Crippen LogP contribution in [0.4, 0.5) is 8.78 Å². The fraction of sp³-hybridized carbons (Fsp3) is 0.412. The fourth-order valence-electron chi connectivity index (χ4n) is 3.14. The van der Waals surface area contributed by atoms with E-state index in [4.69, 9.17) is 0 Å². The molecule has 3 rings (SSSR count). The SMILES string of the molecule is Cn1ccnc1[C@H]1CCCN(C(=O)Cc2cccc(F)c2F)C1. The van der Waals surface area contributed by atoms with Crippen molar-refractivity contribution in [1.82, 2.24) is 14.5 Å². The van der Waals surface area contributed by atoms with Gasteiger partial charge in [0, 0.05) is 44.0 Å². The maximum absolute atomic E-state index is 13.7. The molecule has 1 saturated heterocycles. The number of nitrogens with zero attached hydrogens (tertiary/aromatic N) is 3. The second kappa shape index (κ2) is 6.48. The third-order valence-corrected chi connectivity index (χ3v) is 4.37. The summed E-state index contributed by atoms with van der Waals surface area (Å²) in [5.74, 6) is -0.878. The molecule has 0 spiro atoms. The smallest absolute Gasteiger partial charge is 0.227 e. The molecule has 1 aromatic carbocycles. The molecule has 0 aliphatic carbocycles. The number of likely N-dealkylation sites (tertiary alicyclic amines) is 1. The van der Waals surface area contributed by atoms with Crippen LogP contribution in [0.1, 0.15) is 30.1 Å². The first-order chi connectivity index (χ1) is 11.1. The first-order valence-electron chi connectivity index (χ1n) is 7.74. The maximum atomic E-state index is 13.7. The number of aromatic nitrogens is 2. The van der Waals surface area contributed by atoms with Gasteiger partial charge < -0.3 is 9.47 Å². The molecule has 1 amide bonds. The van der Waals surface area contributed by atoms with Crippen LogP contribution >= 0.6 is 0 Å². The van der Waals surface area contributed by atoms with Crippen molar-refractivity contribution in [3.05, 3.63) is 53.6 Å². The molecule has 2 aromatic rings. The summed E-state index contributed by atoms with van der Waals surface area (Å²) in [6.45, 7) is 1.22. The van der Waals surface area contributed by atoms with E-state index in [0.717, 1.165) is 24.7 Å². The molecule has 0 bridgehead atoms. The molecule has 122 valence electrons. The van der Waals surface area contributed by atoms with Crippen molar-refractivity contribution in [3.8, 4) is 0 Å².